The highest BCUT2D eigenvalue weighted by molar-refractivity contribution is 7.91. The van der Waals surface area contributed by atoms with Crippen LogP contribution in [0.4, 0.5) is 0 Å². The molecule has 1 aliphatic carbocycles. The van der Waals surface area contributed by atoms with Gasteiger partial charge in [0.15, 0.2) is 9.84 Å². The Morgan fingerprint density at radius 1 is 1.32 bits per heavy atom. The molecule has 6 heteroatoms. The quantitative estimate of drug-likeness (QED) is 0.756. The first kappa shape index (κ1) is 14.8. The van der Waals surface area contributed by atoms with Crippen LogP contribution in [0.3, 0.4) is 0 Å². The third-order valence-electron chi connectivity index (χ3n) is 4.32. The Bertz CT molecular complexity index is 414. The Morgan fingerprint density at radius 2 is 2.00 bits per heavy atom. The molecular weight excluding hydrogens is 266 g/mol. The summed E-state index contributed by atoms with van der Waals surface area (Å²) in [5, 5.41) is 3.41. The van der Waals surface area contributed by atoms with E-state index >= 15 is 0 Å². The Kier molecular flexibility index (Phi) is 4.84. The summed E-state index contributed by atoms with van der Waals surface area (Å²) < 4.78 is 27.9. The number of methoxy groups -OCH3 is 1. The molecule has 2 atom stereocenters. The van der Waals surface area contributed by atoms with Crippen LogP contribution in [0.2, 0.25) is 0 Å². The Labute approximate surface area is 115 Å². The summed E-state index contributed by atoms with van der Waals surface area (Å²) in [6.45, 7) is 0.539. The molecule has 1 aliphatic heterocycles. The molecule has 2 rings (SSSR count). The van der Waals surface area contributed by atoms with Crippen molar-refractivity contribution in [3.8, 4) is 0 Å². The Morgan fingerprint density at radius 3 is 2.53 bits per heavy atom. The van der Waals surface area contributed by atoms with Gasteiger partial charge < -0.3 is 10.1 Å². The standard InChI is InChI=1S/C13H23NO4S/c1-18-13(15)12(8-14-11-4-2-3-5-11)10-6-7-19(16,17)9-10/h10-12,14H,2-9H2,1H3. The normalized spacial score (nSPS) is 28.4. The fraction of sp³-hybridized carbons (Fsp3) is 0.923. The highest BCUT2D eigenvalue weighted by atomic mass is 32.2. The highest BCUT2D eigenvalue weighted by Crippen LogP contribution is 2.27. The summed E-state index contributed by atoms with van der Waals surface area (Å²) in [6, 6.07) is 0.477. The largest absolute Gasteiger partial charge is 0.469 e. The van der Waals surface area contributed by atoms with Crippen LogP contribution in [0.15, 0.2) is 0 Å². The molecule has 2 fully saturated rings. The van der Waals surface area contributed by atoms with Gasteiger partial charge in [0.25, 0.3) is 0 Å². The van der Waals surface area contributed by atoms with Gasteiger partial charge >= 0.3 is 5.97 Å². The fourth-order valence-corrected chi connectivity index (χ4v) is 5.04. The van der Waals surface area contributed by atoms with Crippen molar-refractivity contribution in [3.05, 3.63) is 0 Å². The van der Waals surface area contributed by atoms with Crippen LogP contribution in [-0.4, -0.2) is 45.6 Å². The van der Waals surface area contributed by atoms with E-state index in [9.17, 15) is 13.2 Å². The van der Waals surface area contributed by atoms with Crippen LogP contribution >= 0.6 is 0 Å². The molecule has 1 saturated heterocycles. The van der Waals surface area contributed by atoms with Crippen LogP contribution in [0.5, 0.6) is 0 Å². The lowest BCUT2D eigenvalue weighted by molar-refractivity contribution is -0.147. The number of ether oxygens (including phenoxy) is 1. The third kappa shape index (κ3) is 3.92. The van der Waals surface area contributed by atoms with Crippen LogP contribution in [0.1, 0.15) is 32.1 Å². The van der Waals surface area contributed by atoms with Crippen molar-refractivity contribution in [2.24, 2.45) is 11.8 Å². The molecule has 5 nitrogen and oxygen atoms in total. The smallest absolute Gasteiger partial charge is 0.310 e. The number of nitrogens with one attached hydrogen (secondary N) is 1. The van der Waals surface area contributed by atoms with Gasteiger partial charge in [0.1, 0.15) is 0 Å². The second-order valence-electron chi connectivity index (χ2n) is 5.68. The molecule has 1 N–H and O–H groups in total. The molecule has 0 radical (unpaired) electrons. The molecule has 0 spiro atoms. The van der Waals surface area contributed by atoms with E-state index < -0.39 is 9.84 Å². The van der Waals surface area contributed by atoms with E-state index in [-0.39, 0.29) is 29.3 Å². The number of carbonyl (C=O) groups is 1. The van der Waals surface area contributed by atoms with E-state index in [0.717, 1.165) is 12.8 Å². The van der Waals surface area contributed by atoms with Gasteiger partial charge in [-0.3, -0.25) is 4.79 Å². The molecule has 19 heavy (non-hydrogen) atoms. The predicted molar refractivity (Wildman–Crippen MR) is 72.5 cm³/mol. The van der Waals surface area contributed by atoms with Gasteiger partial charge in [-0.25, -0.2) is 8.42 Å². The lowest BCUT2D eigenvalue weighted by Gasteiger charge is -2.22. The zero-order chi connectivity index (χ0) is 13.9. The van der Waals surface area contributed by atoms with E-state index in [1.165, 1.54) is 20.0 Å². The van der Waals surface area contributed by atoms with Crippen molar-refractivity contribution < 1.29 is 17.9 Å². The number of rotatable bonds is 5. The van der Waals surface area contributed by atoms with Gasteiger partial charge in [0, 0.05) is 12.6 Å². The average molecular weight is 289 g/mol. The van der Waals surface area contributed by atoms with Crippen molar-refractivity contribution in [3.63, 3.8) is 0 Å². The summed E-state index contributed by atoms with van der Waals surface area (Å²) >= 11 is 0. The van der Waals surface area contributed by atoms with Crippen LogP contribution in [0.25, 0.3) is 0 Å². The van der Waals surface area contributed by atoms with Gasteiger partial charge in [-0.05, 0) is 25.2 Å². The minimum atomic E-state index is -2.96. The molecule has 0 aromatic carbocycles. The second kappa shape index (κ2) is 6.22. The lowest BCUT2D eigenvalue weighted by Crippen LogP contribution is -2.39. The average Bonchev–Trinajstić information content (AvgIpc) is 2.99. The van der Waals surface area contributed by atoms with Gasteiger partial charge in [-0.15, -0.1) is 0 Å². The van der Waals surface area contributed by atoms with E-state index in [1.807, 2.05) is 0 Å². The molecule has 0 aromatic rings. The van der Waals surface area contributed by atoms with Crippen molar-refractivity contribution in [1.29, 1.82) is 0 Å². The molecule has 2 unspecified atom stereocenters. The van der Waals surface area contributed by atoms with E-state index in [1.54, 1.807) is 0 Å². The molecule has 1 heterocycles. The predicted octanol–water partition coefficient (Wildman–Crippen LogP) is 0.742. The van der Waals surface area contributed by atoms with E-state index in [2.05, 4.69) is 5.32 Å². The van der Waals surface area contributed by atoms with Crippen LogP contribution in [-0.2, 0) is 19.4 Å². The van der Waals surface area contributed by atoms with Crippen LogP contribution < -0.4 is 5.32 Å². The molecule has 0 amide bonds. The van der Waals surface area contributed by atoms with E-state index in [0.29, 0.717) is 19.0 Å². The van der Waals surface area contributed by atoms with Gasteiger partial charge in [-0.2, -0.15) is 0 Å². The monoisotopic (exact) mass is 289 g/mol. The highest BCUT2D eigenvalue weighted by Gasteiger charge is 2.38. The van der Waals surface area contributed by atoms with Crippen molar-refractivity contribution >= 4 is 15.8 Å². The minimum absolute atomic E-state index is 0.0913. The first-order chi connectivity index (χ1) is 9.02. The first-order valence-electron chi connectivity index (χ1n) is 7.03. The van der Waals surface area contributed by atoms with Crippen molar-refractivity contribution in [2.45, 2.75) is 38.1 Å². The Hall–Kier alpha value is -0.620. The summed E-state index contributed by atoms with van der Waals surface area (Å²) in [6.07, 6.45) is 5.35. The molecule has 110 valence electrons. The summed E-state index contributed by atoms with van der Waals surface area (Å²) in [5.74, 6) is -0.380. The molecule has 0 bridgehead atoms. The minimum Gasteiger partial charge on any atom is -0.469 e. The summed E-state index contributed by atoms with van der Waals surface area (Å²) in [7, 11) is -1.59. The van der Waals surface area contributed by atoms with Gasteiger partial charge in [0.2, 0.25) is 0 Å². The van der Waals surface area contributed by atoms with Crippen molar-refractivity contribution in [2.75, 3.05) is 25.2 Å². The number of sulfone groups is 1. The number of hydrogen-bond donors (Lipinski definition) is 1. The van der Waals surface area contributed by atoms with Gasteiger partial charge in [0.05, 0.1) is 24.5 Å². The number of carbonyl (C=O) groups excluding carboxylic acids is 1. The zero-order valence-electron chi connectivity index (χ0n) is 11.4. The molecule has 0 aromatic heterocycles. The second-order valence-corrected chi connectivity index (χ2v) is 7.91. The zero-order valence-corrected chi connectivity index (χ0v) is 12.2. The first-order valence-corrected chi connectivity index (χ1v) is 8.85. The van der Waals surface area contributed by atoms with E-state index in [4.69, 9.17) is 4.74 Å². The summed E-state index contributed by atoms with van der Waals surface area (Å²) in [5.41, 5.74) is 0. The molecule has 1 saturated carbocycles. The van der Waals surface area contributed by atoms with Gasteiger partial charge in [-0.1, -0.05) is 12.8 Å². The third-order valence-corrected chi connectivity index (χ3v) is 6.12. The summed E-state index contributed by atoms with van der Waals surface area (Å²) in [4.78, 5) is 11.9. The maximum absolute atomic E-state index is 11.9. The number of hydrogen-bond acceptors (Lipinski definition) is 5. The number of esters is 1. The maximum Gasteiger partial charge on any atom is 0.310 e. The topological polar surface area (TPSA) is 72.5 Å². The van der Waals surface area contributed by atoms with Crippen LogP contribution in [0, 0.1) is 11.8 Å². The fourth-order valence-electron chi connectivity index (χ4n) is 3.16. The maximum atomic E-state index is 11.9. The Balaban J connectivity index is 1.93. The lowest BCUT2D eigenvalue weighted by atomic mass is 9.91. The molecular formula is C13H23NO4S. The molecule has 2 aliphatic rings. The van der Waals surface area contributed by atoms with Crippen molar-refractivity contribution in [1.82, 2.24) is 5.32 Å². The SMILES string of the molecule is COC(=O)C(CNC1CCCC1)C1CCS(=O)(=O)C1.